The molecule has 1 aliphatic heterocycles. The van der Waals surface area contributed by atoms with Crippen LogP contribution in [0.25, 0.3) is 0 Å². The zero-order chi connectivity index (χ0) is 17.7. The summed E-state index contributed by atoms with van der Waals surface area (Å²) in [5, 5.41) is 2.20. The summed E-state index contributed by atoms with van der Waals surface area (Å²) in [6, 6.07) is 7.13. The summed E-state index contributed by atoms with van der Waals surface area (Å²) in [6.07, 6.45) is -4.58. The van der Waals surface area contributed by atoms with Crippen LogP contribution < -0.4 is 10.1 Å². The Morgan fingerprint density at radius 1 is 1.08 bits per heavy atom. The predicted molar refractivity (Wildman–Crippen MR) is 79.7 cm³/mol. The lowest BCUT2D eigenvalue weighted by molar-refractivity contribution is -0.137. The lowest BCUT2D eigenvalue weighted by Gasteiger charge is -2.21. The van der Waals surface area contributed by atoms with Crippen LogP contribution in [-0.2, 0) is 16.6 Å². The number of amides is 1. The molecular weight excluding hydrogens is 326 g/mol. The van der Waals surface area contributed by atoms with Gasteiger partial charge in [-0.15, -0.1) is 0 Å². The maximum Gasteiger partial charge on any atom is 0.416 e. The number of fused-ring (bicyclic) bond motifs is 1. The normalized spacial score (nSPS) is 19.8. The number of ether oxygens (including phenoxy) is 1. The van der Waals surface area contributed by atoms with Crippen molar-refractivity contribution in [3.8, 4) is 5.75 Å². The molecule has 0 radical (unpaired) electrons. The fourth-order valence-corrected chi connectivity index (χ4v) is 2.81. The van der Waals surface area contributed by atoms with Gasteiger partial charge >= 0.3 is 6.18 Å². The average Bonchev–Trinajstić information content (AvgIpc) is 2.78. The summed E-state index contributed by atoms with van der Waals surface area (Å²) in [5.41, 5.74) is -3.28. The molecule has 2 aromatic rings. The topological polar surface area (TPSA) is 38.3 Å². The summed E-state index contributed by atoms with van der Waals surface area (Å²) in [7, 11) is 1.33. The summed E-state index contributed by atoms with van der Waals surface area (Å²) in [5.74, 6) is -0.897. The van der Waals surface area contributed by atoms with E-state index in [0.29, 0.717) is 5.56 Å². The van der Waals surface area contributed by atoms with Gasteiger partial charge in [0, 0.05) is 16.8 Å². The fourth-order valence-electron chi connectivity index (χ4n) is 2.81. The highest BCUT2D eigenvalue weighted by molar-refractivity contribution is 6.07. The first-order valence-corrected chi connectivity index (χ1v) is 7.05. The minimum absolute atomic E-state index is 0.0407. The Hall–Kier alpha value is -2.57. The van der Waals surface area contributed by atoms with Gasteiger partial charge in [0.1, 0.15) is 5.75 Å². The first kappa shape index (κ1) is 16.3. The van der Waals surface area contributed by atoms with Crippen molar-refractivity contribution < 1.29 is 27.1 Å². The van der Waals surface area contributed by atoms with Crippen molar-refractivity contribution in [3.63, 3.8) is 0 Å². The molecule has 24 heavy (non-hydrogen) atoms. The number of aryl methyl sites for hydroxylation is 1. The van der Waals surface area contributed by atoms with Gasteiger partial charge in [-0.3, -0.25) is 4.79 Å². The van der Waals surface area contributed by atoms with Crippen LogP contribution >= 0.6 is 0 Å². The summed E-state index contributed by atoms with van der Waals surface area (Å²) in [4.78, 5) is 12.3. The molecule has 1 amide bonds. The zero-order valence-electron chi connectivity index (χ0n) is 12.8. The first-order valence-electron chi connectivity index (χ1n) is 7.05. The van der Waals surface area contributed by atoms with Crippen molar-refractivity contribution in [1.82, 2.24) is 0 Å². The Labute approximate surface area is 135 Å². The minimum Gasteiger partial charge on any atom is -0.496 e. The quantitative estimate of drug-likeness (QED) is 0.834. The largest absolute Gasteiger partial charge is 0.496 e. The van der Waals surface area contributed by atoms with Gasteiger partial charge in [0.05, 0.1) is 12.7 Å². The molecule has 0 fully saturated rings. The molecule has 1 atom stereocenters. The van der Waals surface area contributed by atoms with E-state index in [1.165, 1.54) is 19.2 Å². The number of halogens is 4. The van der Waals surface area contributed by atoms with Crippen molar-refractivity contribution >= 4 is 11.6 Å². The molecule has 7 heteroatoms. The van der Waals surface area contributed by atoms with E-state index in [4.69, 9.17) is 4.74 Å². The SMILES string of the molecule is COc1ccc(C)cc1[C@]1(F)C(=O)Nc2cc(C(F)(F)F)ccc21. The van der Waals surface area contributed by atoms with Crippen LogP contribution in [0.2, 0.25) is 0 Å². The number of alkyl halides is 4. The van der Waals surface area contributed by atoms with Crippen LogP contribution in [0, 0.1) is 6.92 Å². The van der Waals surface area contributed by atoms with Gasteiger partial charge in [0.15, 0.2) is 0 Å². The fraction of sp³-hybridized carbons (Fsp3) is 0.235. The Morgan fingerprint density at radius 2 is 1.79 bits per heavy atom. The second-order valence-electron chi connectivity index (χ2n) is 5.57. The molecule has 0 saturated carbocycles. The van der Waals surface area contributed by atoms with E-state index < -0.39 is 23.3 Å². The molecule has 0 unspecified atom stereocenters. The molecule has 2 aromatic carbocycles. The van der Waals surface area contributed by atoms with Crippen LogP contribution in [0.15, 0.2) is 36.4 Å². The van der Waals surface area contributed by atoms with E-state index in [9.17, 15) is 18.0 Å². The first-order chi connectivity index (χ1) is 11.2. The van der Waals surface area contributed by atoms with Gasteiger partial charge in [0.2, 0.25) is 5.67 Å². The number of anilines is 1. The number of rotatable bonds is 2. The van der Waals surface area contributed by atoms with Crippen LogP contribution in [-0.4, -0.2) is 13.0 Å². The second-order valence-corrected chi connectivity index (χ2v) is 5.57. The van der Waals surface area contributed by atoms with Crippen molar-refractivity contribution in [2.24, 2.45) is 0 Å². The molecular formula is C17H13F4NO2. The van der Waals surface area contributed by atoms with Gasteiger partial charge in [-0.2, -0.15) is 13.2 Å². The van der Waals surface area contributed by atoms with Crippen molar-refractivity contribution in [2.45, 2.75) is 18.8 Å². The molecule has 126 valence electrons. The minimum atomic E-state index is -4.58. The van der Waals surface area contributed by atoms with E-state index in [-0.39, 0.29) is 22.6 Å². The van der Waals surface area contributed by atoms with E-state index in [1.807, 2.05) is 0 Å². The Bertz CT molecular complexity index is 832. The molecule has 0 aliphatic carbocycles. The number of hydrogen-bond donors (Lipinski definition) is 1. The highest BCUT2D eigenvalue weighted by Crippen LogP contribution is 2.48. The molecule has 0 saturated heterocycles. The van der Waals surface area contributed by atoms with Crippen LogP contribution in [0.4, 0.5) is 23.2 Å². The number of hydrogen-bond acceptors (Lipinski definition) is 2. The van der Waals surface area contributed by atoms with E-state index >= 15 is 4.39 Å². The number of methoxy groups -OCH3 is 1. The predicted octanol–water partition coefficient (Wildman–Crippen LogP) is 4.19. The molecule has 0 aromatic heterocycles. The van der Waals surface area contributed by atoms with Crippen LogP contribution in [0.5, 0.6) is 5.75 Å². The molecule has 0 bridgehead atoms. The van der Waals surface area contributed by atoms with Crippen molar-refractivity contribution in [3.05, 3.63) is 58.7 Å². The molecule has 0 spiro atoms. The Kier molecular flexibility index (Phi) is 3.55. The van der Waals surface area contributed by atoms with E-state index in [0.717, 1.165) is 18.2 Å². The lowest BCUT2D eigenvalue weighted by atomic mass is 9.87. The van der Waals surface area contributed by atoms with Gasteiger partial charge in [-0.1, -0.05) is 17.7 Å². The van der Waals surface area contributed by atoms with E-state index in [2.05, 4.69) is 5.32 Å². The summed E-state index contributed by atoms with van der Waals surface area (Å²) >= 11 is 0. The van der Waals surface area contributed by atoms with Gasteiger partial charge in [-0.25, -0.2) is 4.39 Å². The average molecular weight is 339 g/mol. The maximum atomic E-state index is 15.7. The maximum absolute atomic E-state index is 15.7. The van der Waals surface area contributed by atoms with Crippen LogP contribution in [0.3, 0.4) is 0 Å². The number of carbonyl (C=O) groups excluding carboxylic acids is 1. The third-order valence-electron chi connectivity index (χ3n) is 4.01. The van der Waals surface area contributed by atoms with Gasteiger partial charge < -0.3 is 10.1 Å². The van der Waals surface area contributed by atoms with Gasteiger partial charge in [-0.05, 0) is 31.2 Å². The van der Waals surface area contributed by atoms with Crippen molar-refractivity contribution in [2.75, 3.05) is 12.4 Å². The zero-order valence-corrected chi connectivity index (χ0v) is 12.8. The second kappa shape index (κ2) is 5.22. The Balaban J connectivity index is 2.21. The number of nitrogens with one attached hydrogen (secondary N) is 1. The molecule has 1 N–H and O–H groups in total. The standard InChI is InChI=1S/C17H13F4NO2/c1-9-3-6-14(24-2)12(7-9)16(18)11-5-4-10(17(19,20)21)8-13(11)22-15(16)23/h3-8H,1-2H3,(H,22,23)/t16-/m0/s1. The molecule has 1 heterocycles. The molecule has 3 nitrogen and oxygen atoms in total. The molecule has 1 aliphatic rings. The molecule has 3 rings (SSSR count). The smallest absolute Gasteiger partial charge is 0.416 e. The third kappa shape index (κ3) is 2.31. The van der Waals surface area contributed by atoms with E-state index in [1.54, 1.807) is 13.0 Å². The lowest BCUT2D eigenvalue weighted by Crippen LogP contribution is -2.31. The van der Waals surface area contributed by atoms with Gasteiger partial charge in [0.25, 0.3) is 5.91 Å². The number of carbonyl (C=O) groups is 1. The highest BCUT2D eigenvalue weighted by atomic mass is 19.4. The summed E-state index contributed by atoms with van der Waals surface area (Å²) < 4.78 is 59.3. The number of benzene rings is 2. The van der Waals surface area contributed by atoms with Crippen LogP contribution in [0.1, 0.15) is 22.3 Å². The van der Waals surface area contributed by atoms with Crippen molar-refractivity contribution in [1.29, 1.82) is 0 Å². The monoisotopic (exact) mass is 339 g/mol. The summed E-state index contributed by atoms with van der Waals surface area (Å²) in [6.45, 7) is 1.72. The third-order valence-corrected chi connectivity index (χ3v) is 4.01. The highest BCUT2D eigenvalue weighted by Gasteiger charge is 2.51. The Morgan fingerprint density at radius 3 is 2.42 bits per heavy atom.